The number of hydrogen-bond donors (Lipinski definition) is 1. The summed E-state index contributed by atoms with van der Waals surface area (Å²) in [7, 11) is 0. The summed E-state index contributed by atoms with van der Waals surface area (Å²) in [6.45, 7) is 1.14. The van der Waals surface area contributed by atoms with Gasteiger partial charge in [-0.2, -0.15) is 0 Å². The molecule has 0 amide bonds. The van der Waals surface area contributed by atoms with Crippen molar-refractivity contribution >= 4 is 15.9 Å². The van der Waals surface area contributed by atoms with Crippen LogP contribution in [0.3, 0.4) is 0 Å². The third-order valence-electron chi connectivity index (χ3n) is 3.65. The highest BCUT2D eigenvalue weighted by Crippen LogP contribution is 2.44. The fourth-order valence-corrected chi connectivity index (χ4v) is 3.15. The van der Waals surface area contributed by atoms with Crippen LogP contribution in [0.4, 0.5) is 0 Å². The van der Waals surface area contributed by atoms with E-state index in [9.17, 15) is 0 Å². The van der Waals surface area contributed by atoms with Crippen LogP contribution in [0, 0.1) is 0 Å². The van der Waals surface area contributed by atoms with Gasteiger partial charge in [0.1, 0.15) is 0 Å². The maximum atomic E-state index is 3.69. The summed E-state index contributed by atoms with van der Waals surface area (Å²) in [5.41, 5.74) is 3.45. The van der Waals surface area contributed by atoms with Gasteiger partial charge < -0.3 is 5.32 Å². The molecule has 1 heterocycles. The lowest BCUT2D eigenvalue weighted by Crippen LogP contribution is -2.51. The molecule has 2 heteroatoms. The van der Waals surface area contributed by atoms with Crippen molar-refractivity contribution in [2.45, 2.75) is 31.2 Å². The molecule has 3 rings (SSSR count). The number of fused-ring (bicyclic) bond motifs is 2. The highest BCUT2D eigenvalue weighted by molar-refractivity contribution is 9.10. The molecular formula is C12H14BrN. The average Bonchev–Trinajstić information content (AvgIpc) is 2.13. The van der Waals surface area contributed by atoms with E-state index >= 15 is 0 Å². The Labute approximate surface area is 93.0 Å². The molecule has 1 nitrogen and oxygen atoms in total. The average molecular weight is 252 g/mol. The molecule has 14 heavy (non-hydrogen) atoms. The molecule has 0 unspecified atom stereocenters. The molecule has 1 aromatic carbocycles. The molecule has 1 aliphatic carbocycles. The summed E-state index contributed by atoms with van der Waals surface area (Å²) in [4.78, 5) is 0. The molecule has 1 fully saturated rings. The van der Waals surface area contributed by atoms with Crippen molar-refractivity contribution in [2.75, 3.05) is 6.54 Å². The van der Waals surface area contributed by atoms with Crippen LogP contribution in [-0.2, 0) is 12.0 Å². The predicted octanol–water partition coefficient (Wildman–Crippen LogP) is 2.97. The van der Waals surface area contributed by atoms with Gasteiger partial charge in [-0.3, -0.25) is 0 Å². The first-order valence-corrected chi connectivity index (χ1v) is 6.13. The van der Waals surface area contributed by atoms with Crippen molar-refractivity contribution in [2.24, 2.45) is 0 Å². The van der Waals surface area contributed by atoms with Gasteiger partial charge in [0, 0.05) is 16.6 Å². The van der Waals surface area contributed by atoms with Crippen LogP contribution < -0.4 is 5.32 Å². The molecule has 1 saturated carbocycles. The minimum Gasteiger partial charge on any atom is -0.307 e. The lowest BCUT2D eigenvalue weighted by atomic mass is 9.68. The summed E-state index contributed by atoms with van der Waals surface area (Å²) >= 11 is 3.55. The highest BCUT2D eigenvalue weighted by Gasteiger charge is 2.41. The third-order valence-corrected chi connectivity index (χ3v) is 4.14. The van der Waals surface area contributed by atoms with Crippen molar-refractivity contribution in [3.63, 3.8) is 0 Å². The standard InChI is InChI=1S/C12H14BrN/c13-10-2-3-11-9(8-10)4-7-14-12(11)5-1-6-12/h2-3,8,14H,1,4-7H2. The van der Waals surface area contributed by atoms with Gasteiger partial charge in [-0.1, -0.05) is 22.0 Å². The first kappa shape index (κ1) is 8.93. The van der Waals surface area contributed by atoms with Crippen LogP contribution in [0.1, 0.15) is 30.4 Å². The SMILES string of the molecule is Brc1ccc2c(c1)CCNC21CCC1. The monoisotopic (exact) mass is 251 g/mol. The van der Waals surface area contributed by atoms with Gasteiger partial charge in [0.2, 0.25) is 0 Å². The Balaban J connectivity index is 2.10. The molecule has 1 N–H and O–H groups in total. The van der Waals surface area contributed by atoms with E-state index in [0.717, 1.165) is 6.54 Å². The largest absolute Gasteiger partial charge is 0.307 e. The Hall–Kier alpha value is -0.340. The van der Waals surface area contributed by atoms with E-state index in [1.165, 1.54) is 35.7 Å². The smallest absolute Gasteiger partial charge is 0.0437 e. The third kappa shape index (κ3) is 1.17. The lowest BCUT2D eigenvalue weighted by molar-refractivity contribution is 0.176. The van der Waals surface area contributed by atoms with Crippen LogP contribution in [-0.4, -0.2) is 6.54 Å². The molecule has 0 aromatic heterocycles. The van der Waals surface area contributed by atoms with Crippen LogP contribution in [0.2, 0.25) is 0 Å². The minimum atomic E-state index is 0.355. The summed E-state index contributed by atoms with van der Waals surface area (Å²) in [5, 5.41) is 3.69. The highest BCUT2D eigenvalue weighted by atomic mass is 79.9. The molecule has 1 spiro atoms. The lowest BCUT2D eigenvalue weighted by Gasteiger charge is -2.47. The van der Waals surface area contributed by atoms with Crippen molar-refractivity contribution in [3.8, 4) is 0 Å². The van der Waals surface area contributed by atoms with Gasteiger partial charge in [-0.15, -0.1) is 0 Å². The Morgan fingerprint density at radius 3 is 2.86 bits per heavy atom. The Morgan fingerprint density at radius 1 is 1.29 bits per heavy atom. The van der Waals surface area contributed by atoms with Gasteiger partial charge >= 0.3 is 0 Å². The number of hydrogen-bond acceptors (Lipinski definition) is 1. The second kappa shape index (κ2) is 3.07. The van der Waals surface area contributed by atoms with Crippen LogP contribution in [0.15, 0.2) is 22.7 Å². The summed E-state index contributed by atoms with van der Waals surface area (Å²) < 4.78 is 1.22. The maximum Gasteiger partial charge on any atom is 0.0437 e. The predicted molar refractivity (Wildman–Crippen MR) is 61.4 cm³/mol. The molecule has 0 atom stereocenters. The molecule has 1 aromatic rings. The molecule has 0 saturated heterocycles. The van der Waals surface area contributed by atoms with Gasteiger partial charge in [0.15, 0.2) is 0 Å². The van der Waals surface area contributed by atoms with Crippen LogP contribution in [0.5, 0.6) is 0 Å². The van der Waals surface area contributed by atoms with E-state index in [1.54, 1.807) is 5.56 Å². The quantitative estimate of drug-likeness (QED) is 0.748. The van der Waals surface area contributed by atoms with Gasteiger partial charge in [0.05, 0.1) is 0 Å². The molecule has 0 radical (unpaired) electrons. The van der Waals surface area contributed by atoms with Crippen LogP contribution >= 0.6 is 15.9 Å². The van der Waals surface area contributed by atoms with E-state index < -0.39 is 0 Å². The van der Waals surface area contributed by atoms with E-state index in [2.05, 4.69) is 39.4 Å². The number of rotatable bonds is 0. The zero-order chi connectivity index (χ0) is 9.60. The fourth-order valence-electron chi connectivity index (χ4n) is 2.74. The summed E-state index contributed by atoms with van der Waals surface area (Å²) in [5.74, 6) is 0. The van der Waals surface area contributed by atoms with Gasteiger partial charge in [-0.25, -0.2) is 0 Å². The number of nitrogens with one attached hydrogen (secondary N) is 1. The Bertz CT molecular complexity index is 369. The van der Waals surface area contributed by atoms with E-state index in [1.807, 2.05) is 0 Å². The molecule has 74 valence electrons. The zero-order valence-electron chi connectivity index (χ0n) is 8.15. The first-order valence-electron chi connectivity index (χ1n) is 5.34. The second-order valence-electron chi connectivity index (χ2n) is 4.41. The maximum absolute atomic E-state index is 3.69. The molecule has 0 bridgehead atoms. The number of benzene rings is 1. The van der Waals surface area contributed by atoms with Crippen molar-refractivity contribution in [3.05, 3.63) is 33.8 Å². The van der Waals surface area contributed by atoms with Gasteiger partial charge in [0.25, 0.3) is 0 Å². The fraction of sp³-hybridized carbons (Fsp3) is 0.500. The topological polar surface area (TPSA) is 12.0 Å². The minimum absolute atomic E-state index is 0.355. The van der Waals surface area contributed by atoms with Crippen molar-refractivity contribution in [1.82, 2.24) is 5.32 Å². The zero-order valence-corrected chi connectivity index (χ0v) is 9.73. The molecule has 2 aliphatic rings. The van der Waals surface area contributed by atoms with Crippen molar-refractivity contribution < 1.29 is 0 Å². The summed E-state index contributed by atoms with van der Waals surface area (Å²) in [6.07, 6.45) is 5.20. The Kier molecular flexibility index (Phi) is 1.96. The van der Waals surface area contributed by atoms with Gasteiger partial charge in [-0.05, 0) is 48.9 Å². The molecular weight excluding hydrogens is 238 g/mol. The van der Waals surface area contributed by atoms with Crippen LogP contribution in [0.25, 0.3) is 0 Å². The second-order valence-corrected chi connectivity index (χ2v) is 5.33. The van der Waals surface area contributed by atoms with E-state index in [4.69, 9.17) is 0 Å². The molecule has 1 aliphatic heterocycles. The van der Waals surface area contributed by atoms with Crippen molar-refractivity contribution in [1.29, 1.82) is 0 Å². The summed E-state index contributed by atoms with van der Waals surface area (Å²) in [6, 6.07) is 6.76. The first-order chi connectivity index (χ1) is 6.80. The van der Waals surface area contributed by atoms with E-state index in [-0.39, 0.29) is 0 Å². The normalized spacial score (nSPS) is 22.9. The van der Waals surface area contributed by atoms with E-state index in [0.29, 0.717) is 5.54 Å². The number of halogens is 1. The Morgan fingerprint density at radius 2 is 2.14 bits per heavy atom.